The minimum atomic E-state index is 0.516. The van der Waals surface area contributed by atoms with Crippen molar-refractivity contribution in [2.24, 2.45) is 0 Å². The molecule has 94 valence electrons. The third-order valence-electron chi connectivity index (χ3n) is 2.57. The van der Waals surface area contributed by atoms with E-state index < -0.39 is 0 Å². The van der Waals surface area contributed by atoms with E-state index in [-0.39, 0.29) is 0 Å². The summed E-state index contributed by atoms with van der Waals surface area (Å²) in [7, 11) is 0. The van der Waals surface area contributed by atoms with E-state index in [1.807, 2.05) is 35.3 Å². The van der Waals surface area contributed by atoms with Gasteiger partial charge in [0, 0.05) is 12.2 Å². The number of pyridine rings is 1. The largest absolute Gasteiger partial charge is 0.399 e. The van der Waals surface area contributed by atoms with Gasteiger partial charge in [-0.3, -0.25) is 10.4 Å². The fourth-order valence-electron chi connectivity index (χ4n) is 1.60. The van der Waals surface area contributed by atoms with Crippen LogP contribution in [0.3, 0.4) is 0 Å². The third-order valence-corrected chi connectivity index (χ3v) is 2.57. The van der Waals surface area contributed by atoms with E-state index in [1.165, 1.54) is 0 Å². The quantitative estimate of drug-likeness (QED) is 0.566. The Kier molecular flexibility index (Phi) is 3.52. The number of anilines is 4. The molecule has 5 nitrogen and oxygen atoms in total. The number of nitrogens with one attached hydrogen (secondary N) is 1. The highest BCUT2D eigenvalue weighted by Crippen LogP contribution is 2.17. The van der Waals surface area contributed by atoms with E-state index in [0.29, 0.717) is 5.82 Å². The molecule has 0 radical (unpaired) electrons. The molecular weight excluding hydrogens is 226 g/mol. The summed E-state index contributed by atoms with van der Waals surface area (Å²) < 4.78 is 0. The summed E-state index contributed by atoms with van der Waals surface area (Å²) in [5, 5.41) is 1.98. The van der Waals surface area contributed by atoms with Crippen molar-refractivity contribution in [3.05, 3.63) is 42.6 Å². The number of nitrogens with zero attached hydrogens (tertiary/aromatic N) is 2. The van der Waals surface area contributed by atoms with Crippen molar-refractivity contribution in [2.75, 3.05) is 28.4 Å². The number of benzene rings is 1. The van der Waals surface area contributed by atoms with E-state index in [0.717, 1.165) is 23.6 Å². The van der Waals surface area contributed by atoms with Gasteiger partial charge in [0.2, 0.25) is 0 Å². The summed E-state index contributed by atoms with van der Waals surface area (Å²) in [6, 6.07) is 11.3. The van der Waals surface area contributed by atoms with E-state index in [9.17, 15) is 0 Å². The molecular formula is C13H17N5. The van der Waals surface area contributed by atoms with Crippen molar-refractivity contribution in [3.8, 4) is 0 Å². The van der Waals surface area contributed by atoms with Crippen LogP contribution in [-0.4, -0.2) is 11.5 Å². The second kappa shape index (κ2) is 5.27. The Bertz CT molecular complexity index is 492. The molecule has 0 amide bonds. The Morgan fingerprint density at radius 1 is 1.11 bits per heavy atom. The maximum Gasteiger partial charge on any atom is 0.123 e. The molecule has 0 fully saturated rings. The van der Waals surface area contributed by atoms with Gasteiger partial charge in [-0.2, -0.15) is 0 Å². The van der Waals surface area contributed by atoms with Gasteiger partial charge >= 0.3 is 0 Å². The highest BCUT2D eigenvalue weighted by molar-refractivity contribution is 5.57. The second-order valence-electron chi connectivity index (χ2n) is 3.92. The zero-order valence-electron chi connectivity index (χ0n) is 10.3. The number of hydrazine groups is 1. The molecule has 0 aliphatic heterocycles. The van der Waals surface area contributed by atoms with Crippen molar-refractivity contribution in [1.82, 2.24) is 4.98 Å². The van der Waals surface area contributed by atoms with Crippen molar-refractivity contribution < 1.29 is 0 Å². The average molecular weight is 243 g/mol. The topological polar surface area (TPSA) is 80.2 Å². The van der Waals surface area contributed by atoms with Crippen LogP contribution in [0.1, 0.15) is 6.92 Å². The van der Waals surface area contributed by atoms with Crippen LogP contribution in [0.4, 0.5) is 22.9 Å². The van der Waals surface area contributed by atoms with Gasteiger partial charge in [-0.05, 0) is 43.3 Å². The molecule has 0 spiro atoms. The van der Waals surface area contributed by atoms with Crippen molar-refractivity contribution in [1.29, 1.82) is 0 Å². The molecule has 0 saturated carbocycles. The highest BCUT2D eigenvalue weighted by atomic mass is 15.5. The summed E-state index contributed by atoms with van der Waals surface area (Å²) in [6.45, 7) is 2.86. The van der Waals surface area contributed by atoms with Gasteiger partial charge in [0.1, 0.15) is 5.82 Å². The number of rotatable bonds is 4. The predicted molar refractivity (Wildman–Crippen MR) is 76.1 cm³/mol. The first-order valence-electron chi connectivity index (χ1n) is 5.80. The lowest BCUT2D eigenvalue weighted by Crippen LogP contribution is -2.29. The smallest absolute Gasteiger partial charge is 0.123 e. The summed E-state index contributed by atoms with van der Waals surface area (Å²) in [4.78, 5) is 4.08. The van der Waals surface area contributed by atoms with Crippen LogP contribution in [0.2, 0.25) is 0 Å². The molecule has 0 saturated heterocycles. The molecule has 0 unspecified atom stereocenters. The molecule has 2 rings (SSSR count). The molecule has 0 bridgehead atoms. The first kappa shape index (κ1) is 12.0. The normalized spacial score (nSPS) is 10.1. The average Bonchev–Trinajstić information content (AvgIpc) is 2.39. The van der Waals surface area contributed by atoms with E-state index in [2.05, 4.69) is 17.3 Å². The summed E-state index contributed by atoms with van der Waals surface area (Å²) in [6.07, 6.45) is 1.74. The molecule has 5 N–H and O–H groups in total. The summed E-state index contributed by atoms with van der Waals surface area (Å²) in [5.41, 5.74) is 17.2. The zero-order chi connectivity index (χ0) is 13.0. The van der Waals surface area contributed by atoms with Crippen LogP contribution in [0.15, 0.2) is 42.6 Å². The number of hydrogen-bond acceptors (Lipinski definition) is 5. The van der Waals surface area contributed by atoms with Crippen LogP contribution in [0.5, 0.6) is 0 Å². The van der Waals surface area contributed by atoms with Crippen LogP contribution >= 0.6 is 0 Å². The number of nitrogens with two attached hydrogens (primary N) is 2. The minimum absolute atomic E-state index is 0.516. The Hall–Kier alpha value is -2.43. The SMILES string of the molecule is CCN(Nc1ccc(N)cc1)c1ccc(N)nc1. The minimum Gasteiger partial charge on any atom is -0.399 e. The van der Waals surface area contributed by atoms with Gasteiger partial charge in [0.25, 0.3) is 0 Å². The molecule has 1 aromatic heterocycles. The van der Waals surface area contributed by atoms with Crippen LogP contribution < -0.4 is 21.9 Å². The Morgan fingerprint density at radius 3 is 2.39 bits per heavy atom. The number of aromatic nitrogens is 1. The van der Waals surface area contributed by atoms with E-state index >= 15 is 0 Å². The molecule has 0 aliphatic carbocycles. The van der Waals surface area contributed by atoms with Gasteiger partial charge in [0.05, 0.1) is 17.6 Å². The first-order valence-corrected chi connectivity index (χ1v) is 5.80. The van der Waals surface area contributed by atoms with Crippen molar-refractivity contribution in [2.45, 2.75) is 6.92 Å². The van der Waals surface area contributed by atoms with Gasteiger partial charge in [-0.25, -0.2) is 4.98 Å². The maximum absolute atomic E-state index is 5.65. The lowest BCUT2D eigenvalue weighted by atomic mass is 10.3. The monoisotopic (exact) mass is 243 g/mol. The van der Waals surface area contributed by atoms with Crippen LogP contribution in [0, 0.1) is 0 Å². The zero-order valence-corrected chi connectivity index (χ0v) is 10.3. The molecule has 5 heteroatoms. The highest BCUT2D eigenvalue weighted by Gasteiger charge is 2.04. The summed E-state index contributed by atoms with van der Waals surface area (Å²) in [5.74, 6) is 0.516. The predicted octanol–water partition coefficient (Wildman–Crippen LogP) is 2.10. The van der Waals surface area contributed by atoms with Gasteiger partial charge in [-0.15, -0.1) is 0 Å². The van der Waals surface area contributed by atoms with Crippen molar-refractivity contribution in [3.63, 3.8) is 0 Å². The maximum atomic E-state index is 5.65. The van der Waals surface area contributed by atoms with E-state index in [4.69, 9.17) is 11.5 Å². The molecule has 0 atom stereocenters. The summed E-state index contributed by atoms with van der Waals surface area (Å²) >= 11 is 0. The first-order chi connectivity index (χ1) is 8.69. The second-order valence-corrected chi connectivity index (χ2v) is 3.92. The fourth-order valence-corrected chi connectivity index (χ4v) is 1.60. The Labute approximate surface area is 106 Å². The molecule has 2 aromatic rings. The standard InChI is InChI=1S/C13H17N5/c1-2-18(12-7-8-13(15)16-9-12)17-11-5-3-10(14)4-6-11/h3-9,17H,2,14H2,1H3,(H2,15,16). The molecule has 18 heavy (non-hydrogen) atoms. The third kappa shape index (κ3) is 2.82. The lowest BCUT2D eigenvalue weighted by molar-refractivity contribution is 0.943. The molecule has 1 heterocycles. The fraction of sp³-hybridized carbons (Fsp3) is 0.154. The van der Waals surface area contributed by atoms with Crippen LogP contribution in [-0.2, 0) is 0 Å². The number of nitrogen functional groups attached to an aromatic ring is 2. The van der Waals surface area contributed by atoms with Crippen molar-refractivity contribution >= 4 is 22.9 Å². The number of hydrogen-bond donors (Lipinski definition) is 3. The molecule has 1 aromatic carbocycles. The van der Waals surface area contributed by atoms with Gasteiger partial charge in [0.15, 0.2) is 0 Å². The Morgan fingerprint density at radius 2 is 1.83 bits per heavy atom. The molecule has 0 aliphatic rings. The van der Waals surface area contributed by atoms with Gasteiger partial charge in [-0.1, -0.05) is 0 Å². The van der Waals surface area contributed by atoms with Gasteiger partial charge < -0.3 is 11.5 Å². The Balaban J connectivity index is 2.14. The van der Waals surface area contributed by atoms with Crippen LogP contribution in [0.25, 0.3) is 0 Å². The lowest BCUT2D eigenvalue weighted by Gasteiger charge is -2.24. The van der Waals surface area contributed by atoms with E-state index in [1.54, 1.807) is 12.3 Å².